The maximum Gasteiger partial charge on any atom is 0.194 e. The molecule has 2 aromatic carbocycles. The van der Waals surface area contributed by atoms with E-state index in [9.17, 15) is 4.79 Å². The second-order valence-electron chi connectivity index (χ2n) is 4.94. The lowest BCUT2D eigenvalue weighted by molar-refractivity contribution is 0.103. The standard InChI is InChI=1S/C17H15BrO2/c18-15-7-2-1-6-14(15)17(19)13-8-9-16-12(11-13)5-3-4-10-20-16/h1-2,6-9,11H,3-5,10H2. The molecule has 0 amide bonds. The zero-order chi connectivity index (χ0) is 13.9. The first-order valence-electron chi connectivity index (χ1n) is 6.80. The number of hydrogen-bond donors (Lipinski definition) is 0. The van der Waals surface area contributed by atoms with Crippen LogP contribution in [0.2, 0.25) is 0 Å². The fourth-order valence-electron chi connectivity index (χ4n) is 2.46. The van der Waals surface area contributed by atoms with Crippen molar-refractivity contribution in [1.82, 2.24) is 0 Å². The van der Waals surface area contributed by atoms with Gasteiger partial charge in [-0.1, -0.05) is 28.1 Å². The summed E-state index contributed by atoms with van der Waals surface area (Å²) >= 11 is 3.44. The number of carbonyl (C=O) groups excluding carboxylic acids is 1. The van der Waals surface area contributed by atoms with E-state index in [0.717, 1.165) is 47.2 Å². The molecule has 0 bridgehead atoms. The van der Waals surface area contributed by atoms with Crippen molar-refractivity contribution in [2.75, 3.05) is 6.61 Å². The van der Waals surface area contributed by atoms with Crippen LogP contribution in [0.1, 0.15) is 34.3 Å². The van der Waals surface area contributed by atoms with Gasteiger partial charge in [0.05, 0.1) is 6.61 Å². The first-order valence-corrected chi connectivity index (χ1v) is 7.60. The molecule has 0 aromatic heterocycles. The number of ether oxygens (including phenoxy) is 1. The highest BCUT2D eigenvalue weighted by Crippen LogP contribution is 2.27. The van der Waals surface area contributed by atoms with Crippen molar-refractivity contribution in [3.63, 3.8) is 0 Å². The Morgan fingerprint density at radius 1 is 1.10 bits per heavy atom. The van der Waals surface area contributed by atoms with E-state index < -0.39 is 0 Å². The molecule has 0 saturated heterocycles. The summed E-state index contributed by atoms with van der Waals surface area (Å²) in [5.41, 5.74) is 2.56. The predicted octanol–water partition coefficient (Wildman–Crippen LogP) is 4.40. The van der Waals surface area contributed by atoms with Gasteiger partial charge < -0.3 is 4.74 Å². The van der Waals surface area contributed by atoms with Gasteiger partial charge in [-0.3, -0.25) is 4.79 Å². The Labute approximate surface area is 126 Å². The fraction of sp³-hybridized carbons (Fsp3) is 0.235. The van der Waals surface area contributed by atoms with Gasteiger partial charge in [0.15, 0.2) is 5.78 Å². The normalized spacial score (nSPS) is 14.1. The van der Waals surface area contributed by atoms with Crippen molar-refractivity contribution in [3.8, 4) is 5.75 Å². The molecule has 20 heavy (non-hydrogen) atoms. The van der Waals surface area contributed by atoms with Gasteiger partial charge in [0.2, 0.25) is 0 Å². The average Bonchev–Trinajstić information content (AvgIpc) is 2.71. The molecule has 102 valence electrons. The lowest BCUT2D eigenvalue weighted by atomic mass is 9.99. The van der Waals surface area contributed by atoms with E-state index in [0.29, 0.717) is 5.56 Å². The Morgan fingerprint density at radius 2 is 1.95 bits per heavy atom. The highest BCUT2D eigenvalue weighted by Gasteiger charge is 2.15. The zero-order valence-electron chi connectivity index (χ0n) is 11.1. The summed E-state index contributed by atoms with van der Waals surface area (Å²) in [6, 6.07) is 13.3. The van der Waals surface area contributed by atoms with Crippen molar-refractivity contribution < 1.29 is 9.53 Å². The number of benzene rings is 2. The Hall–Kier alpha value is -1.61. The molecule has 0 spiro atoms. The molecular formula is C17H15BrO2. The number of fused-ring (bicyclic) bond motifs is 1. The maximum atomic E-state index is 12.6. The van der Waals surface area contributed by atoms with Gasteiger partial charge in [-0.25, -0.2) is 0 Å². The quantitative estimate of drug-likeness (QED) is 0.763. The van der Waals surface area contributed by atoms with Crippen molar-refractivity contribution in [3.05, 3.63) is 63.6 Å². The average molecular weight is 331 g/mol. The van der Waals surface area contributed by atoms with Crippen LogP contribution < -0.4 is 4.74 Å². The van der Waals surface area contributed by atoms with Gasteiger partial charge in [0, 0.05) is 15.6 Å². The SMILES string of the molecule is O=C(c1ccc2c(c1)CCCCO2)c1ccccc1Br. The number of aryl methyl sites for hydroxylation is 1. The third-order valence-corrected chi connectivity index (χ3v) is 4.23. The third-order valence-electron chi connectivity index (χ3n) is 3.54. The van der Waals surface area contributed by atoms with Crippen molar-refractivity contribution in [2.45, 2.75) is 19.3 Å². The Morgan fingerprint density at radius 3 is 2.80 bits per heavy atom. The molecule has 0 atom stereocenters. The molecule has 1 aliphatic heterocycles. The van der Waals surface area contributed by atoms with E-state index in [4.69, 9.17) is 4.74 Å². The molecular weight excluding hydrogens is 316 g/mol. The van der Waals surface area contributed by atoms with Crippen LogP contribution in [0.3, 0.4) is 0 Å². The number of ketones is 1. The Bertz CT molecular complexity index is 649. The summed E-state index contributed by atoms with van der Waals surface area (Å²) in [5.74, 6) is 0.968. The largest absolute Gasteiger partial charge is 0.493 e. The summed E-state index contributed by atoms with van der Waals surface area (Å²) in [6.07, 6.45) is 3.16. The van der Waals surface area contributed by atoms with Crippen LogP contribution in [0, 0.1) is 0 Å². The lowest BCUT2D eigenvalue weighted by Crippen LogP contribution is -2.03. The minimum atomic E-state index is 0.0459. The fourth-order valence-corrected chi connectivity index (χ4v) is 2.92. The molecule has 0 fully saturated rings. The zero-order valence-corrected chi connectivity index (χ0v) is 12.7. The molecule has 2 aromatic rings. The molecule has 3 rings (SSSR count). The Kier molecular flexibility index (Phi) is 3.88. The van der Waals surface area contributed by atoms with Gasteiger partial charge in [-0.15, -0.1) is 0 Å². The van der Waals surface area contributed by atoms with E-state index in [-0.39, 0.29) is 5.78 Å². The van der Waals surface area contributed by atoms with Crippen molar-refractivity contribution in [1.29, 1.82) is 0 Å². The molecule has 3 heteroatoms. The highest BCUT2D eigenvalue weighted by atomic mass is 79.9. The van der Waals surface area contributed by atoms with Crippen molar-refractivity contribution in [2.24, 2.45) is 0 Å². The van der Waals surface area contributed by atoms with Gasteiger partial charge >= 0.3 is 0 Å². The van der Waals surface area contributed by atoms with E-state index >= 15 is 0 Å². The van der Waals surface area contributed by atoms with E-state index in [1.807, 2.05) is 42.5 Å². The smallest absolute Gasteiger partial charge is 0.194 e. The van der Waals surface area contributed by atoms with Crippen LogP contribution in [0.5, 0.6) is 5.75 Å². The summed E-state index contributed by atoms with van der Waals surface area (Å²) in [5, 5.41) is 0. The summed E-state index contributed by atoms with van der Waals surface area (Å²) < 4.78 is 6.52. The highest BCUT2D eigenvalue weighted by molar-refractivity contribution is 9.10. The van der Waals surface area contributed by atoms with Crippen LogP contribution in [0.15, 0.2) is 46.9 Å². The maximum absolute atomic E-state index is 12.6. The third kappa shape index (κ3) is 2.63. The molecule has 2 nitrogen and oxygen atoms in total. The second kappa shape index (κ2) is 5.80. The van der Waals surface area contributed by atoms with Gasteiger partial charge in [0.25, 0.3) is 0 Å². The molecule has 0 unspecified atom stereocenters. The topological polar surface area (TPSA) is 26.3 Å². The number of halogens is 1. The summed E-state index contributed by atoms with van der Waals surface area (Å²) in [6.45, 7) is 0.768. The molecule has 1 heterocycles. The summed E-state index contributed by atoms with van der Waals surface area (Å²) in [7, 11) is 0. The molecule has 0 radical (unpaired) electrons. The number of carbonyl (C=O) groups is 1. The minimum Gasteiger partial charge on any atom is -0.493 e. The van der Waals surface area contributed by atoms with Crippen molar-refractivity contribution >= 4 is 21.7 Å². The first kappa shape index (κ1) is 13.4. The molecule has 0 N–H and O–H groups in total. The van der Waals surface area contributed by atoms with Crippen LogP contribution in [0.25, 0.3) is 0 Å². The number of rotatable bonds is 2. The van der Waals surface area contributed by atoms with Crippen LogP contribution in [0.4, 0.5) is 0 Å². The van der Waals surface area contributed by atoms with Gasteiger partial charge in [0.1, 0.15) is 5.75 Å². The van der Waals surface area contributed by atoms with Crippen LogP contribution in [-0.2, 0) is 6.42 Å². The molecule has 0 aliphatic carbocycles. The first-order chi connectivity index (χ1) is 9.75. The summed E-state index contributed by atoms with van der Waals surface area (Å²) in [4.78, 5) is 12.6. The van der Waals surface area contributed by atoms with E-state index in [1.54, 1.807) is 0 Å². The monoisotopic (exact) mass is 330 g/mol. The van der Waals surface area contributed by atoms with Crippen LogP contribution >= 0.6 is 15.9 Å². The van der Waals surface area contributed by atoms with Crippen LogP contribution in [-0.4, -0.2) is 12.4 Å². The molecule has 0 saturated carbocycles. The van der Waals surface area contributed by atoms with Gasteiger partial charge in [-0.05, 0) is 55.2 Å². The Balaban J connectivity index is 1.97. The molecule has 1 aliphatic rings. The second-order valence-corrected chi connectivity index (χ2v) is 5.79. The van der Waals surface area contributed by atoms with Gasteiger partial charge in [-0.2, -0.15) is 0 Å². The predicted molar refractivity (Wildman–Crippen MR) is 82.4 cm³/mol. The van der Waals surface area contributed by atoms with E-state index in [2.05, 4.69) is 15.9 Å². The van der Waals surface area contributed by atoms with E-state index in [1.165, 1.54) is 0 Å². The number of hydrogen-bond acceptors (Lipinski definition) is 2. The minimum absolute atomic E-state index is 0.0459. The lowest BCUT2D eigenvalue weighted by Gasteiger charge is -2.09.